The second-order valence-corrected chi connectivity index (χ2v) is 12.9. The molecule has 1 saturated heterocycles. The van der Waals surface area contributed by atoms with Crippen LogP contribution in [0.1, 0.15) is 39.9 Å². The highest BCUT2D eigenvalue weighted by Crippen LogP contribution is 2.29. The smallest absolute Gasteiger partial charge is 0.414 e. The number of rotatable bonds is 12. The average molecular weight is 661 g/mol. The van der Waals surface area contributed by atoms with Gasteiger partial charge < -0.3 is 20.5 Å². The lowest BCUT2D eigenvalue weighted by atomic mass is 9.98. The van der Waals surface area contributed by atoms with E-state index in [-0.39, 0.29) is 18.6 Å². The molecule has 3 atom stereocenters. The van der Waals surface area contributed by atoms with Crippen molar-refractivity contribution in [3.8, 4) is 11.1 Å². The lowest BCUT2D eigenvalue weighted by Crippen LogP contribution is -2.50. The highest BCUT2D eigenvalue weighted by Gasteiger charge is 2.32. The number of benzene rings is 4. The third-order valence-corrected chi connectivity index (χ3v) is 9.57. The summed E-state index contributed by atoms with van der Waals surface area (Å²) in [6.45, 7) is 1.21. The van der Waals surface area contributed by atoms with Crippen LogP contribution < -0.4 is 16.0 Å². The molecule has 0 bridgehead atoms. The van der Waals surface area contributed by atoms with Crippen LogP contribution in [0.5, 0.6) is 0 Å². The van der Waals surface area contributed by atoms with Crippen molar-refractivity contribution in [1.29, 1.82) is 0 Å². The fraction of sp³-hybridized carbons (Fsp3) is 0.256. The molecule has 0 saturated carbocycles. The fourth-order valence-electron chi connectivity index (χ4n) is 6.11. The first-order chi connectivity index (χ1) is 23.5. The fourth-order valence-corrected chi connectivity index (χ4v) is 6.99. The molecular formula is C39H40N4O4S. The second kappa shape index (κ2) is 15.8. The molecule has 3 N–H and O–H groups in total. The van der Waals surface area contributed by atoms with Gasteiger partial charge in [0.2, 0.25) is 5.91 Å². The summed E-state index contributed by atoms with van der Waals surface area (Å²) < 4.78 is 11.5. The number of nitrogens with one attached hydrogen (secondary N) is 1. The van der Waals surface area contributed by atoms with Crippen molar-refractivity contribution in [2.24, 2.45) is 5.73 Å². The summed E-state index contributed by atoms with van der Waals surface area (Å²) >= 11 is 1.68. The number of anilines is 1. The number of hydrogen-bond acceptors (Lipinski definition) is 7. The summed E-state index contributed by atoms with van der Waals surface area (Å²) in [5.41, 5.74) is 12.8. The maximum atomic E-state index is 13.3. The van der Waals surface area contributed by atoms with Crippen molar-refractivity contribution in [2.75, 3.05) is 25.2 Å². The summed E-state index contributed by atoms with van der Waals surface area (Å²) in [6.07, 6.45) is 1.77. The van der Waals surface area contributed by atoms with Gasteiger partial charge in [-0.25, -0.2) is 9.78 Å². The van der Waals surface area contributed by atoms with Gasteiger partial charge in [0, 0.05) is 24.8 Å². The molecule has 0 aliphatic carbocycles. The number of nitrogens with two attached hydrogens (primary N) is 1. The van der Waals surface area contributed by atoms with E-state index in [2.05, 4.69) is 22.8 Å². The molecule has 0 spiro atoms. The van der Waals surface area contributed by atoms with Gasteiger partial charge in [-0.3, -0.25) is 9.69 Å². The van der Waals surface area contributed by atoms with Gasteiger partial charge in [-0.15, -0.1) is 11.3 Å². The van der Waals surface area contributed by atoms with E-state index in [0.717, 1.165) is 45.8 Å². The Labute approximate surface area is 285 Å². The van der Waals surface area contributed by atoms with E-state index >= 15 is 0 Å². The zero-order valence-corrected chi connectivity index (χ0v) is 27.8. The van der Waals surface area contributed by atoms with E-state index in [9.17, 15) is 9.59 Å². The maximum Gasteiger partial charge on any atom is 0.414 e. The van der Waals surface area contributed by atoms with Crippen LogP contribution in [-0.4, -0.2) is 49.4 Å². The Bertz CT molecular complexity index is 1790. The highest BCUT2D eigenvalue weighted by molar-refractivity contribution is 7.09. The van der Waals surface area contributed by atoms with E-state index < -0.39 is 18.0 Å². The first-order valence-corrected chi connectivity index (χ1v) is 17.1. The number of nitrogens with zero attached hydrogens (tertiary/aromatic N) is 2. The number of carbonyl (C=O) groups excluding carboxylic acids is 2. The summed E-state index contributed by atoms with van der Waals surface area (Å²) in [5.74, 6) is -0.609. The molecule has 1 fully saturated rings. The van der Waals surface area contributed by atoms with Crippen LogP contribution in [0.25, 0.3) is 11.1 Å². The number of morpholine rings is 1. The van der Waals surface area contributed by atoms with E-state index in [4.69, 9.17) is 20.2 Å². The first-order valence-electron chi connectivity index (χ1n) is 16.2. The molecular weight excluding hydrogens is 621 g/mol. The Kier molecular flexibility index (Phi) is 10.9. The molecule has 2 amide bonds. The minimum atomic E-state index is -0.945. The number of methoxy groups -OCH3 is 1. The van der Waals surface area contributed by atoms with Gasteiger partial charge >= 0.3 is 6.09 Å². The Morgan fingerprint density at radius 1 is 0.938 bits per heavy atom. The molecule has 1 aliphatic heterocycles. The summed E-state index contributed by atoms with van der Waals surface area (Å²) in [7, 11) is 1.32. The number of para-hydroxylation sites is 1. The number of thiazole rings is 1. The lowest BCUT2D eigenvalue weighted by Gasteiger charge is -2.32. The predicted molar refractivity (Wildman–Crippen MR) is 190 cm³/mol. The zero-order valence-electron chi connectivity index (χ0n) is 27.0. The third-order valence-electron chi connectivity index (χ3n) is 8.70. The minimum absolute atomic E-state index is 0.0154. The Morgan fingerprint density at radius 3 is 2.31 bits per heavy atom. The maximum absolute atomic E-state index is 13.3. The molecule has 6 rings (SSSR count). The van der Waals surface area contributed by atoms with Crippen LogP contribution >= 0.6 is 11.3 Å². The quantitative estimate of drug-likeness (QED) is 0.154. The van der Waals surface area contributed by atoms with Crippen LogP contribution in [0.3, 0.4) is 0 Å². The molecule has 2 heterocycles. The zero-order chi connectivity index (χ0) is 33.3. The molecule has 9 heteroatoms. The van der Waals surface area contributed by atoms with Crippen molar-refractivity contribution in [2.45, 2.75) is 43.9 Å². The molecule has 246 valence electrons. The molecule has 0 unspecified atom stereocenters. The second-order valence-electron chi connectivity index (χ2n) is 11.9. The van der Waals surface area contributed by atoms with Crippen molar-refractivity contribution >= 4 is 29.0 Å². The normalized spacial score (nSPS) is 16.6. The number of amides is 2. The number of hydrogen-bond donors (Lipinski definition) is 2. The number of aryl methyl sites for hydroxylation is 1. The highest BCUT2D eigenvalue weighted by atomic mass is 32.1. The lowest BCUT2D eigenvalue weighted by molar-refractivity contribution is -0.119. The largest absolute Gasteiger partial charge is 0.452 e. The average Bonchev–Trinajstić information content (AvgIpc) is 3.60. The third kappa shape index (κ3) is 8.17. The summed E-state index contributed by atoms with van der Waals surface area (Å²) in [6, 6.07) is 35.1. The summed E-state index contributed by atoms with van der Waals surface area (Å²) in [4.78, 5) is 32.5. The topological polar surface area (TPSA) is 107 Å². The van der Waals surface area contributed by atoms with Crippen molar-refractivity contribution in [3.05, 3.63) is 142 Å². The van der Waals surface area contributed by atoms with Gasteiger partial charge in [0.15, 0.2) is 0 Å². The molecule has 0 radical (unpaired) electrons. The van der Waals surface area contributed by atoms with Crippen LogP contribution in [0.15, 0.2) is 115 Å². The molecule has 1 aromatic heterocycles. The monoisotopic (exact) mass is 660 g/mol. The molecule has 4 aromatic carbocycles. The van der Waals surface area contributed by atoms with E-state index in [0.29, 0.717) is 25.3 Å². The van der Waals surface area contributed by atoms with E-state index in [1.165, 1.54) is 17.6 Å². The van der Waals surface area contributed by atoms with Crippen LogP contribution in [0.4, 0.5) is 10.5 Å². The van der Waals surface area contributed by atoms with Crippen LogP contribution in [0.2, 0.25) is 0 Å². The van der Waals surface area contributed by atoms with Crippen molar-refractivity contribution in [1.82, 2.24) is 10.3 Å². The molecule has 8 nitrogen and oxygen atoms in total. The van der Waals surface area contributed by atoms with Crippen molar-refractivity contribution in [3.63, 3.8) is 0 Å². The number of carbonyl (C=O) groups is 2. The minimum Gasteiger partial charge on any atom is -0.452 e. The van der Waals surface area contributed by atoms with Gasteiger partial charge in [0.05, 0.1) is 42.3 Å². The van der Waals surface area contributed by atoms with Gasteiger partial charge in [0.1, 0.15) is 6.04 Å². The van der Waals surface area contributed by atoms with Crippen LogP contribution in [0, 0.1) is 0 Å². The Balaban J connectivity index is 1.10. The Morgan fingerprint density at radius 2 is 1.62 bits per heavy atom. The molecule has 5 aromatic rings. The van der Waals surface area contributed by atoms with Gasteiger partial charge in [-0.05, 0) is 46.7 Å². The molecule has 1 aliphatic rings. The van der Waals surface area contributed by atoms with Crippen molar-refractivity contribution < 1.29 is 19.1 Å². The molecule has 48 heavy (non-hydrogen) atoms. The van der Waals surface area contributed by atoms with E-state index in [1.54, 1.807) is 11.3 Å². The van der Waals surface area contributed by atoms with Gasteiger partial charge in [-0.2, -0.15) is 0 Å². The SMILES string of the molecule is COC(=O)N(c1ccccc1CC[C@@H]1CN[C@H](c2csc(Cc3ccccc3)n2)CO1)[C@@H](Cc1ccc(-c2ccccc2)cc1)C(N)=O. The number of aromatic nitrogens is 1. The van der Waals surface area contributed by atoms with Gasteiger partial charge in [0.25, 0.3) is 0 Å². The first kappa shape index (κ1) is 33.1. The predicted octanol–water partition coefficient (Wildman–Crippen LogP) is 6.73. The van der Waals surface area contributed by atoms with Crippen LogP contribution in [-0.2, 0) is 33.5 Å². The summed E-state index contributed by atoms with van der Waals surface area (Å²) in [5, 5.41) is 6.82. The standard InChI is InChI=1S/C39H40N4O4S/c1-46-39(45)43(36(38(40)44)22-28-16-18-30(19-17-28)29-12-6-3-7-13-29)35-15-9-8-14-31(35)20-21-32-24-41-33(25-47-32)34-26-48-37(42-34)23-27-10-4-2-5-11-27/h2-19,26,32-33,36,41H,20-25H2,1H3,(H2,40,44)/t32-,33+,36+/m1/s1. The Hall–Kier alpha value is -4.83. The van der Waals surface area contributed by atoms with E-state index in [1.807, 2.05) is 97.1 Å². The number of ether oxygens (including phenoxy) is 2. The van der Waals surface area contributed by atoms with Gasteiger partial charge in [-0.1, -0.05) is 103 Å². The number of primary amides is 1.